The molecule has 0 fully saturated rings. The molecule has 1 aliphatic rings. The fourth-order valence-electron chi connectivity index (χ4n) is 1.94. The number of methoxy groups -OCH3 is 1. The van der Waals surface area contributed by atoms with Crippen LogP contribution in [-0.2, 0) is 20.1 Å². The molecule has 2 nitrogen and oxygen atoms in total. The van der Waals surface area contributed by atoms with Gasteiger partial charge in [-0.25, -0.2) is 0 Å². The maximum Gasteiger partial charge on any atom is 0.122 e. The maximum absolute atomic E-state index is 9.34. The Kier molecular flexibility index (Phi) is 4.37. The molecule has 0 saturated carbocycles. The Morgan fingerprint density at radius 3 is 2.67 bits per heavy atom. The summed E-state index contributed by atoms with van der Waals surface area (Å²) in [5, 5.41) is 9.34. The molecule has 1 atom stereocenters. The van der Waals surface area contributed by atoms with Crippen molar-refractivity contribution < 1.29 is 29.9 Å². The van der Waals surface area contributed by atoms with Crippen LogP contribution in [0.25, 0.3) is 0 Å². The van der Waals surface area contributed by atoms with E-state index in [1.807, 2.05) is 24.3 Å². The molecule has 0 heterocycles. The van der Waals surface area contributed by atoms with Crippen molar-refractivity contribution in [2.75, 3.05) is 7.11 Å². The minimum atomic E-state index is 0. The minimum Gasteiger partial charge on any atom is -0.513 e. The van der Waals surface area contributed by atoms with Crippen LogP contribution in [0.3, 0.4) is 0 Å². The first-order valence-electron chi connectivity index (χ1n) is 4.82. The number of aliphatic hydroxyl groups is 1. The van der Waals surface area contributed by atoms with Crippen molar-refractivity contribution in [1.82, 2.24) is 0 Å². The largest absolute Gasteiger partial charge is 0.513 e. The summed E-state index contributed by atoms with van der Waals surface area (Å²) in [7, 11) is 1.68. The molecule has 1 unspecified atom stereocenters. The van der Waals surface area contributed by atoms with Gasteiger partial charge in [-0.05, 0) is 30.0 Å². The van der Waals surface area contributed by atoms with Gasteiger partial charge in [0.2, 0.25) is 0 Å². The van der Waals surface area contributed by atoms with Gasteiger partial charge in [0.15, 0.2) is 0 Å². The first-order valence-corrected chi connectivity index (χ1v) is 4.82. The summed E-state index contributed by atoms with van der Waals surface area (Å²) in [6, 6.07) is 8.00. The van der Waals surface area contributed by atoms with Gasteiger partial charge < -0.3 is 9.84 Å². The van der Waals surface area contributed by atoms with E-state index in [1.165, 1.54) is 5.56 Å². The monoisotopic (exact) mass is 383 g/mol. The van der Waals surface area contributed by atoms with Gasteiger partial charge in [0, 0.05) is 26.5 Å². The summed E-state index contributed by atoms with van der Waals surface area (Å²) in [5.41, 5.74) is 1.19. The van der Waals surface area contributed by atoms with E-state index >= 15 is 0 Å². The third kappa shape index (κ3) is 2.61. The molecule has 3 heteroatoms. The van der Waals surface area contributed by atoms with Crippen molar-refractivity contribution in [3.05, 3.63) is 41.7 Å². The van der Waals surface area contributed by atoms with E-state index in [4.69, 9.17) is 4.74 Å². The van der Waals surface area contributed by atoms with E-state index in [1.54, 1.807) is 7.11 Å². The van der Waals surface area contributed by atoms with Crippen LogP contribution in [0.5, 0.6) is 5.75 Å². The van der Waals surface area contributed by atoms with Crippen LogP contribution in [0.4, 0.5) is 0 Å². The molecule has 0 saturated heterocycles. The fourth-order valence-corrected chi connectivity index (χ4v) is 1.94. The molecule has 1 aromatic carbocycles. The van der Waals surface area contributed by atoms with Crippen LogP contribution in [0.15, 0.2) is 36.1 Å². The topological polar surface area (TPSA) is 29.5 Å². The Balaban J connectivity index is 0.00000112. The van der Waals surface area contributed by atoms with Crippen molar-refractivity contribution in [2.24, 2.45) is 0 Å². The Labute approximate surface area is 103 Å². The van der Waals surface area contributed by atoms with Crippen LogP contribution in [-0.4, -0.2) is 12.2 Å². The molecule has 83 valence electrons. The molecule has 1 aliphatic carbocycles. The SMILES string of the molecule is COc1ccccc1C1CC=C(O)C1.[Ir]. The second-order valence-electron chi connectivity index (χ2n) is 3.57. The Morgan fingerprint density at radius 2 is 2.07 bits per heavy atom. The predicted molar refractivity (Wildman–Crippen MR) is 55.7 cm³/mol. The standard InChI is InChI=1S/C12H14O2.Ir/c1-14-12-5-3-2-4-11(12)9-6-7-10(13)8-9;/h2-5,7,9,13H,6,8H2,1H3;. The van der Waals surface area contributed by atoms with Gasteiger partial charge in [-0.1, -0.05) is 18.2 Å². The van der Waals surface area contributed by atoms with Crippen molar-refractivity contribution in [1.29, 1.82) is 0 Å². The molecule has 2 rings (SSSR count). The van der Waals surface area contributed by atoms with Gasteiger partial charge in [-0.3, -0.25) is 0 Å². The van der Waals surface area contributed by atoms with Crippen molar-refractivity contribution in [2.45, 2.75) is 18.8 Å². The normalized spacial score (nSPS) is 19.3. The summed E-state index contributed by atoms with van der Waals surface area (Å²) in [6.45, 7) is 0. The Bertz CT molecular complexity index is 360. The molecule has 1 N–H and O–H groups in total. The van der Waals surface area contributed by atoms with Crippen molar-refractivity contribution in [3.63, 3.8) is 0 Å². The predicted octanol–water partition coefficient (Wildman–Crippen LogP) is 3.01. The van der Waals surface area contributed by atoms with Crippen LogP contribution in [0.1, 0.15) is 24.3 Å². The molecule has 1 aromatic rings. The van der Waals surface area contributed by atoms with Crippen LogP contribution in [0, 0.1) is 0 Å². The number of hydrogen-bond acceptors (Lipinski definition) is 2. The number of allylic oxidation sites excluding steroid dienone is 2. The zero-order chi connectivity index (χ0) is 9.97. The van der Waals surface area contributed by atoms with Crippen LogP contribution >= 0.6 is 0 Å². The number of para-hydroxylation sites is 1. The van der Waals surface area contributed by atoms with E-state index < -0.39 is 0 Å². The van der Waals surface area contributed by atoms with Crippen LogP contribution < -0.4 is 4.74 Å². The Morgan fingerprint density at radius 1 is 1.33 bits per heavy atom. The van der Waals surface area contributed by atoms with Gasteiger partial charge in [0.1, 0.15) is 5.75 Å². The first-order chi connectivity index (χ1) is 6.81. The molecular weight excluding hydrogens is 368 g/mol. The van der Waals surface area contributed by atoms with Crippen molar-refractivity contribution in [3.8, 4) is 5.75 Å². The van der Waals surface area contributed by atoms with Gasteiger partial charge in [0.25, 0.3) is 0 Å². The molecule has 0 amide bonds. The van der Waals surface area contributed by atoms with Gasteiger partial charge >= 0.3 is 0 Å². The number of rotatable bonds is 2. The number of aliphatic hydroxyl groups excluding tert-OH is 1. The average molecular weight is 382 g/mol. The maximum atomic E-state index is 9.34. The van der Waals surface area contributed by atoms with E-state index in [0.717, 1.165) is 18.6 Å². The summed E-state index contributed by atoms with van der Waals surface area (Å²) in [5.74, 6) is 1.80. The van der Waals surface area contributed by atoms with E-state index in [2.05, 4.69) is 6.07 Å². The molecule has 15 heavy (non-hydrogen) atoms. The fraction of sp³-hybridized carbons (Fsp3) is 0.333. The molecule has 0 bridgehead atoms. The third-order valence-electron chi connectivity index (χ3n) is 2.67. The van der Waals surface area contributed by atoms with E-state index in [-0.39, 0.29) is 20.1 Å². The average Bonchev–Trinajstić information content (AvgIpc) is 2.65. The van der Waals surface area contributed by atoms with Crippen molar-refractivity contribution >= 4 is 0 Å². The summed E-state index contributed by atoms with van der Waals surface area (Å²) < 4.78 is 5.29. The molecule has 0 aromatic heterocycles. The molecule has 1 radical (unpaired) electrons. The van der Waals surface area contributed by atoms with Gasteiger partial charge in [-0.2, -0.15) is 0 Å². The zero-order valence-corrected chi connectivity index (χ0v) is 11.0. The van der Waals surface area contributed by atoms with E-state index in [0.29, 0.717) is 11.7 Å². The van der Waals surface area contributed by atoms with E-state index in [9.17, 15) is 5.11 Å². The second-order valence-corrected chi connectivity index (χ2v) is 3.57. The van der Waals surface area contributed by atoms with Crippen LogP contribution in [0.2, 0.25) is 0 Å². The number of hydrogen-bond donors (Lipinski definition) is 1. The number of benzene rings is 1. The summed E-state index contributed by atoms with van der Waals surface area (Å²) in [4.78, 5) is 0. The summed E-state index contributed by atoms with van der Waals surface area (Å²) in [6.07, 6.45) is 3.53. The molecular formula is C12H14IrO2. The summed E-state index contributed by atoms with van der Waals surface area (Å²) >= 11 is 0. The molecule has 0 spiro atoms. The quantitative estimate of drug-likeness (QED) is 0.852. The smallest absolute Gasteiger partial charge is 0.122 e. The third-order valence-corrected chi connectivity index (χ3v) is 2.67. The zero-order valence-electron chi connectivity index (χ0n) is 8.57. The first kappa shape index (κ1) is 12.3. The minimum absolute atomic E-state index is 0. The Hall–Kier alpha value is -0.791. The number of ether oxygens (including phenoxy) is 1. The second kappa shape index (κ2) is 5.34. The molecule has 0 aliphatic heterocycles. The van der Waals surface area contributed by atoms with Gasteiger partial charge in [-0.15, -0.1) is 0 Å². The van der Waals surface area contributed by atoms with Gasteiger partial charge in [0.05, 0.1) is 12.9 Å².